The number of aromatic nitrogens is 3. The second-order valence-corrected chi connectivity index (χ2v) is 8.48. The Morgan fingerprint density at radius 1 is 0.875 bits per heavy atom. The van der Waals surface area contributed by atoms with Crippen LogP contribution in [0.1, 0.15) is 5.01 Å². The number of para-hydroxylation sites is 1. The summed E-state index contributed by atoms with van der Waals surface area (Å²) in [5.74, 6) is -0.303. The summed E-state index contributed by atoms with van der Waals surface area (Å²) in [7, 11) is 0. The van der Waals surface area contributed by atoms with Gasteiger partial charge in [0.05, 0.1) is 30.1 Å². The molecule has 0 saturated heterocycles. The van der Waals surface area contributed by atoms with E-state index in [0.717, 1.165) is 35.3 Å². The lowest BCUT2D eigenvalue weighted by molar-refractivity contribution is 0.637. The number of hydrogen-bond donors (Lipinski definition) is 1. The fraction of sp³-hybridized carbons (Fsp3) is 0.0625. The Balaban J connectivity index is 1.60. The number of anilines is 2. The monoisotopic (exact) mass is 372 g/mol. The lowest BCUT2D eigenvalue weighted by Gasteiger charge is -1.93. The molecule has 2 aromatic carbocycles. The molecule has 0 saturated carbocycles. The minimum absolute atomic E-state index is 0.303. The van der Waals surface area contributed by atoms with Crippen molar-refractivity contribution in [2.24, 2.45) is 0 Å². The van der Waals surface area contributed by atoms with Gasteiger partial charge in [0.2, 0.25) is 0 Å². The van der Waals surface area contributed by atoms with Crippen molar-refractivity contribution in [2.75, 3.05) is 5.32 Å². The molecule has 5 aromatic rings. The van der Waals surface area contributed by atoms with Crippen LogP contribution in [-0.2, 0) is 0 Å². The first-order valence-electron chi connectivity index (χ1n) is 7.16. The highest BCUT2D eigenvalue weighted by Gasteiger charge is 2.13. The second-order valence-electron chi connectivity index (χ2n) is 5.24. The van der Waals surface area contributed by atoms with Gasteiger partial charge >= 0.3 is 0 Å². The summed E-state index contributed by atoms with van der Waals surface area (Å²) in [4.78, 5) is 13.5. The quantitative estimate of drug-likeness (QED) is 0.431. The van der Waals surface area contributed by atoms with Crippen LogP contribution >= 0.6 is 34.0 Å². The largest absolute Gasteiger partial charge is 0.307 e. The number of nitrogens with one attached hydrogen (secondary N) is 1. The highest BCUT2D eigenvalue weighted by atomic mass is 32.1. The van der Waals surface area contributed by atoms with Crippen LogP contribution in [0.5, 0.6) is 0 Å². The number of fused-ring (bicyclic) bond motifs is 4. The molecular weight excluding hydrogens is 363 g/mol. The first-order chi connectivity index (χ1) is 11.7. The molecule has 118 valence electrons. The average molecular weight is 372 g/mol. The van der Waals surface area contributed by atoms with Gasteiger partial charge in [-0.3, -0.25) is 0 Å². The van der Waals surface area contributed by atoms with Crippen molar-refractivity contribution in [1.82, 2.24) is 15.0 Å². The van der Waals surface area contributed by atoms with Crippen LogP contribution in [0.15, 0.2) is 30.3 Å². The summed E-state index contributed by atoms with van der Waals surface area (Å²) in [5.41, 5.74) is 2.33. The molecule has 0 fully saturated rings. The highest BCUT2D eigenvalue weighted by Crippen LogP contribution is 2.37. The zero-order chi connectivity index (χ0) is 16.3. The summed E-state index contributed by atoms with van der Waals surface area (Å²) < 4.78 is 16.9. The molecule has 5 rings (SSSR count). The van der Waals surface area contributed by atoms with E-state index >= 15 is 0 Å². The highest BCUT2D eigenvalue weighted by molar-refractivity contribution is 7.29. The van der Waals surface area contributed by atoms with Gasteiger partial charge in [-0.05, 0) is 31.2 Å². The van der Waals surface area contributed by atoms with Crippen LogP contribution in [0.2, 0.25) is 0 Å². The summed E-state index contributed by atoms with van der Waals surface area (Å²) in [6.07, 6.45) is 0. The van der Waals surface area contributed by atoms with Crippen molar-refractivity contribution >= 4 is 74.9 Å². The summed E-state index contributed by atoms with van der Waals surface area (Å²) >= 11 is 4.66. The van der Waals surface area contributed by atoms with Gasteiger partial charge in [-0.15, -0.1) is 11.3 Å². The summed E-state index contributed by atoms with van der Waals surface area (Å²) in [5, 5.41) is 5.65. The van der Waals surface area contributed by atoms with Gasteiger partial charge in [-0.2, -0.15) is 0 Å². The molecule has 0 amide bonds. The summed E-state index contributed by atoms with van der Waals surface area (Å²) in [6.45, 7) is 2.01. The Labute approximate surface area is 147 Å². The zero-order valence-corrected chi connectivity index (χ0v) is 14.8. The third-order valence-electron chi connectivity index (χ3n) is 3.60. The maximum absolute atomic E-state index is 13.8. The molecule has 0 radical (unpaired) electrons. The third-order valence-corrected chi connectivity index (χ3v) is 6.68. The van der Waals surface area contributed by atoms with Gasteiger partial charge < -0.3 is 5.32 Å². The van der Waals surface area contributed by atoms with E-state index in [9.17, 15) is 4.39 Å². The maximum atomic E-state index is 13.8. The lowest BCUT2D eigenvalue weighted by atomic mass is 10.3. The molecule has 0 unspecified atom stereocenters. The van der Waals surface area contributed by atoms with Gasteiger partial charge in [0, 0.05) is 0 Å². The van der Waals surface area contributed by atoms with Crippen molar-refractivity contribution in [1.29, 1.82) is 0 Å². The van der Waals surface area contributed by atoms with E-state index in [4.69, 9.17) is 0 Å². The van der Waals surface area contributed by atoms with Crippen LogP contribution in [0.25, 0.3) is 30.6 Å². The molecule has 3 heterocycles. The van der Waals surface area contributed by atoms with Crippen LogP contribution in [0.4, 0.5) is 14.7 Å². The molecule has 8 heteroatoms. The third kappa shape index (κ3) is 2.18. The Hall–Kier alpha value is -2.16. The Kier molecular flexibility index (Phi) is 3.06. The average Bonchev–Trinajstić information content (AvgIpc) is 3.22. The van der Waals surface area contributed by atoms with Gasteiger partial charge in [0.1, 0.15) is 11.3 Å². The van der Waals surface area contributed by atoms with Crippen molar-refractivity contribution < 1.29 is 4.39 Å². The fourth-order valence-electron chi connectivity index (χ4n) is 2.60. The number of benzene rings is 2. The van der Waals surface area contributed by atoms with Gasteiger partial charge in [-0.25, -0.2) is 19.3 Å². The predicted octanol–water partition coefficient (Wildman–Crippen LogP) is 5.71. The van der Waals surface area contributed by atoms with Gasteiger partial charge in [0.15, 0.2) is 10.3 Å². The van der Waals surface area contributed by atoms with Crippen LogP contribution in [-0.4, -0.2) is 15.0 Å². The van der Waals surface area contributed by atoms with E-state index in [0.29, 0.717) is 10.6 Å². The lowest BCUT2D eigenvalue weighted by Crippen LogP contribution is -1.87. The minimum atomic E-state index is -0.303. The fourth-order valence-corrected chi connectivity index (χ4v) is 5.55. The molecule has 0 aliphatic heterocycles. The standard InChI is InChI=1S/C16H9FN4S3/c1-7-18-9-5-6-10-14(13(9)22-7)24-15(19-10)21-16-20-12-8(17)3-2-4-11(12)23-16/h2-6H,1H3,(H,19,20,21). The normalized spacial score (nSPS) is 11.8. The number of halogens is 1. The second kappa shape index (κ2) is 5.17. The van der Waals surface area contributed by atoms with Crippen molar-refractivity contribution in [2.45, 2.75) is 6.92 Å². The maximum Gasteiger partial charge on any atom is 0.190 e. The van der Waals surface area contributed by atoms with Crippen LogP contribution in [0.3, 0.4) is 0 Å². The molecule has 24 heavy (non-hydrogen) atoms. The molecule has 0 spiro atoms. The van der Waals surface area contributed by atoms with Crippen molar-refractivity contribution in [3.63, 3.8) is 0 Å². The van der Waals surface area contributed by atoms with Gasteiger partial charge in [0.25, 0.3) is 0 Å². The van der Waals surface area contributed by atoms with E-state index in [2.05, 4.69) is 20.3 Å². The Morgan fingerprint density at radius 2 is 1.62 bits per heavy atom. The van der Waals surface area contributed by atoms with Gasteiger partial charge in [-0.1, -0.05) is 28.7 Å². The first-order valence-corrected chi connectivity index (χ1v) is 9.61. The summed E-state index contributed by atoms with van der Waals surface area (Å²) in [6, 6.07) is 8.96. The molecule has 1 N–H and O–H groups in total. The molecular formula is C16H9FN4S3. The van der Waals surface area contributed by atoms with Crippen molar-refractivity contribution in [3.05, 3.63) is 41.2 Å². The number of aryl methyl sites for hydroxylation is 1. The van der Waals surface area contributed by atoms with E-state index in [1.807, 2.05) is 25.1 Å². The van der Waals surface area contributed by atoms with E-state index < -0.39 is 0 Å². The van der Waals surface area contributed by atoms with E-state index in [1.54, 1.807) is 28.7 Å². The van der Waals surface area contributed by atoms with E-state index in [-0.39, 0.29) is 5.82 Å². The number of nitrogens with zero attached hydrogens (tertiary/aromatic N) is 3. The first kappa shape index (κ1) is 14.2. The number of thiazole rings is 3. The molecule has 0 aliphatic rings. The molecule has 0 aliphatic carbocycles. The number of rotatable bonds is 2. The van der Waals surface area contributed by atoms with Crippen molar-refractivity contribution in [3.8, 4) is 0 Å². The SMILES string of the molecule is Cc1nc2ccc3nc(Nc4nc5c(F)cccc5s4)sc3c2s1. The number of hydrogen-bond acceptors (Lipinski definition) is 7. The Bertz CT molecular complexity index is 1220. The minimum Gasteiger partial charge on any atom is -0.307 e. The molecule has 4 nitrogen and oxygen atoms in total. The smallest absolute Gasteiger partial charge is 0.190 e. The van der Waals surface area contributed by atoms with E-state index in [1.165, 1.54) is 17.4 Å². The molecule has 3 aromatic heterocycles. The zero-order valence-electron chi connectivity index (χ0n) is 12.3. The predicted molar refractivity (Wildman–Crippen MR) is 100 cm³/mol. The Morgan fingerprint density at radius 3 is 2.46 bits per heavy atom. The van der Waals surface area contributed by atoms with Crippen LogP contribution in [0, 0.1) is 12.7 Å². The topological polar surface area (TPSA) is 50.7 Å². The molecule has 0 bridgehead atoms. The van der Waals surface area contributed by atoms with Crippen LogP contribution < -0.4 is 5.32 Å². The molecule has 0 atom stereocenters.